The molecule has 2 aliphatic heterocycles. The van der Waals surface area contributed by atoms with Crippen LogP contribution in [0.1, 0.15) is 124 Å². The summed E-state index contributed by atoms with van der Waals surface area (Å²) in [6, 6.07) is 13.4. The molecule has 0 aromatic heterocycles. The van der Waals surface area contributed by atoms with E-state index >= 15 is 0 Å². The number of carboxylic acids is 1. The van der Waals surface area contributed by atoms with Crippen LogP contribution in [-0.4, -0.2) is 174 Å². The smallest absolute Gasteiger partial charge is 0.410 e. The fraction of sp³-hybridized carbons (Fsp3) is 0.661. The summed E-state index contributed by atoms with van der Waals surface area (Å²) in [7, 11) is 6.64. The molecule has 0 spiro atoms. The Labute approximate surface area is 469 Å². The van der Waals surface area contributed by atoms with Crippen molar-refractivity contribution in [3.05, 3.63) is 71.3 Å². The number of aliphatic carboxylic acids is 1. The standard InChI is InChI=1S/C59H90N6O12S.H2/c1-13-39(6)53(48(75-10)33-50(67)64-30-20-24-47(64)54(76-11)40(7)55(69)60-45(58(72)73)32-41-21-16-14-17-22-41)62(8)35-46(37(2)3)61-56(70)52(38(4)5)63(9)59(74)77-36-43-27-25-42(26-28-43)31-44(66)23-18-15-19-29-65-51(68)34-49(78-12)57(65)71;/h14,16-17,21-22,25-28,37-40,45-49,52-54H,13,15,18-20,23-24,29-36H2,1-12H3,(H,60,69)(H,61,70)(H,72,73);1H/t39-,40+,45-,46+,47-,48+,49?,52-,53-,54+;/m0./s1. The normalized spacial score (nSPS) is 18.8. The first-order chi connectivity index (χ1) is 37.1. The average molecular weight is 1110 g/mol. The number of unbranched alkanes of at least 4 members (excludes halogenated alkanes) is 2. The fourth-order valence-corrected chi connectivity index (χ4v) is 11.6. The number of nitrogens with one attached hydrogen (secondary N) is 2. The fourth-order valence-electron chi connectivity index (χ4n) is 10.9. The van der Waals surface area contributed by atoms with Crippen LogP contribution in [-0.2, 0) is 67.2 Å². The van der Waals surface area contributed by atoms with Crippen molar-refractivity contribution in [1.82, 2.24) is 30.2 Å². The molecule has 1 unspecified atom stereocenters. The van der Waals surface area contributed by atoms with Crippen LogP contribution in [0.2, 0.25) is 0 Å². The number of carbonyl (C=O) groups excluding carboxylic acids is 7. The van der Waals surface area contributed by atoms with E-state index in [0.717, 1.165) is 29.5 Å². The van der Waals surface area contributed by atoms with Crippen molar-refractivity contribution in [2.45, 2.75) is 173 Å². The van der Waals surface area contributed by atoms with Crippen molar-refractivity contribution in [2.75, 3.05) is 54.2 Å². The second kappa shape index (κ2) is 32.0. The molecule has 78 heavy (non-hydrogen) atoms. The van der Waals surface area contributed by atoms with E-state index in [9.17, 15) is 43.5 Å². The lowest BCUT2D eigenvalue weighted by Crippen LogP contribution is -2.58. The zero-order chi connectivity index (χ0) is 57.8. The summed E-state index contributed by atoms with van der Waals surface area (Å²) in [5.74, 6) is -3.20. The van der Waals surface area contributed by atoms with Crippen molar-refractivity contribution in [1.29, 1.82) is 0 Å². The van der Waals surface area contributed by atoms with E-state index in [2.05, 4.69) is 29.4 Å². The van der Waals surface area contributed by atoms with Gasteiger partial charge in [-0.3, -0.25) is 43.5 Å². The number of carbonyl (C=O) groups is 8. The summed E-state index contributed by atoms with van der Waals surface area (Å²) in [6.07, 6.45) is 5.22. The molecule has 3 N–H and O–H groups in total. The zero-order valence-corrected chi connectivity index (χ0v) is 49.2. The maximum absolute atomic E-state index is 14.4. The Morgan fingerprint density at radius 3 is 2.09 bits per heavy atom. The van der Waals surface area contributed by atoms with Crippen molar-refractivity contribution >= 4 is 59.1 Å². The predicted octanol–water partition coefficient (Wildman–Crippen LogP) is 7.03. The molecule has 19 heteroatoms. The van der Waals surface area contributed by atoms with Gasteiger partial charge >= 0.3 is 12.1 Å². The summed E-state index contributed by atoms with van der Waals surface area (Å²) in [6.45, 7) is 15.0. The number of likely N-dealkylation sites (tertiary alicyclic amines) is 2. The molecule has 436 valence electrons. The zero-order valence-electron chi connectivity index (χ0n) is 48.4. The van der Waals surface area contributed by atoms with Crippen LogP contribution in [0.15, 0.2) is 54.6 Å². The number of likely N-dealkylation sites (N-methyl/N-ethyl adjacent to an activating group) is 2. The third-order valence-electron chi connectivity index (χ3n) is 15.7. The Hall–Kier alpha value is -5.37. The van der Waals surface area contributed by atoms with E-state index < -0.39 is 54.2 Å². The second-order valence-electron chi connectivity index (χ2n) is 22.0. The van der Waals surface area contributed by atoms with Gasteiger partial charge < -0.3 is 34.9 Å². The molecule has 6 amide bonds. The number of hydrogen-bond donors (Lipinski definition) is 3. The average Bonchev–Trinajstić information content (AvgIpc) is 4.04. The maximum Gasteiger partial charge on any atom is 0.410 e. The van der Waals surface area contributed by atoms with Crippen molar-refractivity contribution in [3.8, 4) is 0 Å². The SMILES string of the molecule is CC[C@H](C)[C@@H]([C@@H](CC(=O)N1CCC[C@H]1[C@H](OC)[C@@H](C)C(=O)N[C@@H](Cc1ccccc1)C(=O)O)OC)N(C)C[C@@H](NC(=O)[C@H](C(C)C)N(C)C(=O)OCc1ccc(CC(=O)CCCCCN2C(=O)CC(SC)C2=O)cc1)C(C)C.[HH]. The van der Waals surface area contributed by atoms with Gasteiger partial charge in [0.2, 0.25) is 29.5 Å². The van der Waals surface area contributed by atoms with Crippen LogP contribution in [0.25, 0.3) is 0 Å². The predicted molar refractivity (Wildman–Crippen MR) is 303 cm³/mol. The van der Waals surface area contributed by atoms with E-state index in [-0.39, 0.29) is 98.2 Å². The van der Waals surface area contributed by atoms with Crippen molar-refractivity contribution < 1.29 is 59.1 Å². The monoisotopic (exact) mass is 1110 g/mol. The molecule has 2 aromatic carbocycles. The van der Waals surface area contributed by atoms with Crippen LogP contribution in [0.4, 0.5) is 4.79 Å². The summed E-state index contributed by atoms with van der Waals surface area (Å²) >= 11 is 1.40. The molecular weight excluding hydrogens is 1020 g/mol. The van der Waals surface area contributed by atoms with Crippen molar-refractivity contribution in [3.63, 3.8) is 0 Å². The summed E-state index contributed by atoms with van der Waals surface area (Å²) in [5.41, 5.74) is 2.34. The van der Waals surface area contributed by atoms with Gasteiger partial charge in [0.05, 0.1) is 35.8 Å². The van der Waals surface area contributed by atoms with Gasteiger partial charge in [-0.25, -0.2) is 9.59 Å². The van der Waals surface area contributed by atoms with Gasteiger partial charge in [0.15, 0.2) is 0 Å². The first kappa shape index (κ1) is 65.2. The van der Waals surface area contributed by atoms with E-state index in [1.54, 1.807) is 26.0 Å². The molecule has 18 nitrogen and oxygen atoms in total. The highest BCUT2D eigenvalue weighted by molar-refractivity contribution is 8.00. The lowest BCUT2D eigenvalue weighted by molar-refractivity contribution is -0.145. The van der Waals surface area contributed by atoms with Crippen LogP contribution in [0, 0.1) is 23.7 Å². The van der Waals surface area contributed by atoms with E-state index in [1.807, 2.05) is 95.6 Å². The van der Waals surface area contributed by atoms with Gasteiger partial charge in [0.25, 0.3) is 0 Å². The summed E-state index contributed by atoms with van der Waals surface area (Å²) < 4.78 is 17.8. The Morgan fingerprint density at radius 1 is 0.846 bits per heavy atom. The highest BCUT2D eigenvalue weighted by Crippen LogP contribution is 2.30. The highest BCUT2D eigenvalue weighted by atomic mass is 32.2. The molecule has 4 rings (SSSR count). The molecule has 2 heterocycles. The molecule has 2 fully saturated rings. The third-order valence-corrected chi connectivity index (χ3v) is 16.6. The number of rotatable bonds is 33. The molecule has 10 atom stereocenters. The third kappa shape index (κ3) is 18.6. The van der Waals surface area contributed by atoms with Crippen LogP contribution in [0.3, 0.4) is 0 Å². The van der Waals surface area contributed by atoms with Crippen LogP contribution in [0.5, 0.6) is 0 Å². The molecule has 0 radical (unpaired) electrons. The Bertz CT molecular complexity index is 2290. The van der Waals surface area contributed by atoms with Gasteiger partial charge in [-0.1, -0.05) is 116 Å². The number of benzene rings is 2. The minimum atomic E-state index is -1.14. The van der Waals surface area contributed by atoms with E-state index in [4.69, 9.17) is 14.2 Å². The number of thioether (sulfide) groups is 1. The number of ether oxygens (including phenoxy) is 3. The quantitative estimate of drug-likeness (QED) is 0.0483. The Kier molecular flexibility index (Phi) is 26.7. The maximum atomic E-state index is 14.4. The first-order valence-corrected chi connectivity index (χ1v) is 29.1. The van der Waals surface area contributed by atoms with E-state index in [1.165, 1.54) is 28.7 Å². The molecule has 0 saturated carbocycles. The number of amides is 6. The number of carboxylic acid groups (broad SMARTS) is 1. The number of ketones is 1. The van der Waals surface area contributed by atoms with Gasteiger partial charge in [-0.2, -0.15) is 11.8 Å². The molecule has 2 aliphatic rings. The summed E-state index contributed by atoms with van der Waals surface area (Å²) in [4.78, 5) is 112. The largest absolute Gasteiger partial charge is 0.480 e. The number of methoxy groups -OCH3 is 2. The van der Waals surface area contributed by atoms with Crippen molar-refractivity contribution in [2.24, 2.45) is 23.7 Å². The first-order valence-electron chi connectivity index (χ1n) is 27.9. The lowest BCUT2D eigenvalue weighted by atomic mass is 9.89. The number of imide groups is 1. The molecule has 0 aliphatic carbocycles. The Morgan fingerprint density at radius 2 is 1.51 bits per heavy atom. The molecular formula is C59H92N6O12S. The lowest BCUT2D eigenvalue weighted by Gasteiger charge is -2.41. The molecule has 2 aromatic rings. The molecule has 0 bridgehead atoms. The van der Waals surface area contributed by atoms with E-state index in [0.29, 0.717) is 51.7 Å². The van der Waals surface area contributed by atoms with Gasteiger partial charge in [0, 0.05) is 80.1 Å². The van der Waals surface area contributed by atoms with Crippen LogP contribution < -0.4 is 10.6 Å². The topological polar surface area (TPSA) is 222 Å². The van der Waals surface area contributed by atoms with Gasteiger partial charge in [-0.05, 0) is 73.4 Å². The van der Waals surface area contributed by atoms with Gasteiger partial charge in [0.1, 0.15) is 24.5 Å². The molecule has 2 saturated heterocycles. The van der Waals surface area contributed by atoms with Crippen LogP contribution >= 0.6 is 11.8 Å². The summed E-state index contributed by atoms with van der Waals surface area (Å²) in [5, 5.41) is 15.6. The Balaban J connectivity index is 0.0000164. The minimum Gasteiger partial charge on any atom is -0.480 e. The number of Topliss-reactive ketones (excluding diaryl/α,β-unsaturated/α-hetero) is 1. The second-order valence-corrected chi connectivity index (χ2v) is 23.1. The number of nitrogens with zero attached hydrogens (tertiary/aromatic N) is 4. The van der Waals surface area contributed by atoms with Gasteiger partial charge in [-0.15, -0.1) is 0 Å². The number of hydrogen-bond acceptors (Lipinski definition) is 13. The highest BCUT2D eigenvalue weighted by Gasteiger charge is 2.43. The minimum absolute atomic E-state index is 0.